The number of rotatable bonds is 11. The molecule has 6 rings (SSSR count). The SMILES string of the molecule is Cc1noc(-c2ccc(-c3ccc(C4(C(=O)NS(=O)(=O)C5CC5)CC4)cc3)cc2)c1CC(=O)CS(=O)(=O)C1CC1. The summed E-state index contributed by atoms with van der Waals surface area (Å²) in [6, 6.07) is 15.1. The van der Waals surface area contributed by atoms with E-state index < -0.39 is 42.2 Å². The second-order valence-corrected chi connectivity index (χ2v) is 15.5. The van der Waals surface area contributed by atoms with Gasteiger partial charge in [-0.2, -0.15) is 0 Å². The minimum absolute atomic E-state index is 0.0584. The second-order valence-electron chi connectivity index (χ2n) is 11.2. The molecule has 3 saturated carbocycles. The quantitative estimate of drug-likeness (QED) is 0.361. The standard InChI is InChI=1S/C29H30N2O7S2/c1-18-26(16-23(32)17-39(34,35)24-10-11-24)27(38-30-18)21-4-2-19(3-5-21)20-6-8-22(9-7-20)29(14-15-29)28(33)31-40(36,37)25-12-13-25/h2-9,24-25H,10-17H2,1H3,(H,31,33). The number of nitrogens with zero attached hydrogens (tertiary/aromatic N) is 1. The van der Waals surface area contributed by atoms with E-state index in [-0.39, 0.29) is 17.5 Å². The third kappa shape index (κ3) is 5.24. The summed E-state index contributed by atoms with van der Waals surface area (Å²) in [5.41, 5.74) is 3.71. The lowest BCUT2D eigenvalue weighted by atomic mass is 9.93. The summed E-state index contributed by atoms with van der Waals surface area (Å²) in [7, 11) is -6.98. The van der Waals surface area contributed by atoms with E-state index in [1.165, 1.54) is 0 Å². The summed E-state index contributed by atoms with van der Waals surface area (Å²) in [5.74, 6) is -0.836. The largest absolute Gasteiger partial charge is 0.356 e. The maximum atomic E-state index is 12.8. The van der Waals surface area contributed by atoms with Crippen molar-refractivity contribution in [1.82, 2.24) is 9.88 Å². The van der Waals surface area contributed by atoms with Gasteiger partial charge in [0.15, 0.2) is 21.4 Å². The molecule has 1 heterocycles. The molecule has 1 aromatic heterocycles. The van der Waals surface area contributed by atoms with Crippen molar-refractivity contribution in [2.75, 3.05) is 5.75 Å². The van der Waals surface area contributed by atoms with Gasteiger partial charge in [-0.25, -0.2) is 16.8 Å². The van der Waals surface area contributed by atoms with Gasteiger partial charge in [0.25, 0.3) is 0 Å². The van der Waals surface area contributed by atoms with Gasteiger partial charge in [0, 0.05) is 17.5 Å². The highest BCUT2D eigenvalue weighted by Gasteiger charge is 2.53. The number of carbonyl (C=O) groups excluding carboxylic acids is 2. The lowest BCUT2D eigenvalue weighted by Crippen LogP contribution is -2.40. The zero-order chi connectivity index (χ0) is 28.3. The molecule has 9 nitrogen and oxygen atoms in total. The zero-order valence-electron chi connectivity index (χ0n) is 22.1. The minimum Gasteiger partial charge on any atom is -0.356 e. The molecule has 0 spiro atoms. The molecule has 40 heavy (non-hydrogen) atoms. The number of sulfonamides is 1. The van der Waals surface area contributed by atoms with Gasteiger partial charge < -0.3 is 4.52 Å². The van der Waals surface area contributed by atoms with Crippen molar-refractivity contribution in [3.05, 3.63) is 65.4 Å². The Hall–Kier alpha value is -3.31. The van der Waals surface area contributed by atoms with Crippen LogP contribution in [0.2, 0.25) is 0 Å². The van der Waals surface area contributed by atoms with Crippen molar-refractivity contribution < 1.29 is 30.9 Å². The van der Waals surface area contributed by atoms with Gasteiger partial charge in [0.05, 0.1) is 21.6 Å². The van der Waals surface area contributed by atoms with Crippen molar-refractivity contribution >= 4 is 31.6 Å². The van der Waals surface area contributed by atoms with E-state index in [1.807, 2.05) is 48.5 Å². The number of carbonyl (C=O) groups is 2. The minimum atomic E-state index is -3.59. The predicted octanol–water partition coefficient (Wildman–Crippen LogP) is 3.65. The van der Waals surface area contributed by atoms with E-state index in [0.717, 1.165) is 22.3 Å². The highest BCUT2D eigenvalue weighted by atomic mass is 32.2. The van der Waals surface area contributed by atoms with Crippen LogP contribution in [0.3, 0.4) is 0 Å². The topological polar surface area (TPSA) is 140 Å². The Morgan fingerprint density at radius 1 is 0.875 bits per heavy atom. The fourth-order valence-corrected chi connectivity index (χ4v) is 8.12. The number of amides is 1. The number of ketones is 1. The van der Waals surface area contributed by atoms with Crippen LogP contribution in [0.15, 0.2) is 53.1 Å². The maximum absolute atomic E-state index is 12.8. The highest BCUT2D eigenvalue weighted by molar-refractivity contribution is 7.93. The Bertz CT molecular complexity index is 1690. The summed E-state index contributed by atoms with van der Waals surface area (Å²) in [4.78, 5) is 25.4. The molecule has 3 aliphatic carbocycles. The van der Waals surface area contributed by atoms with Gasteiger partial charge in [-0.1, -0.05) is 53.7 Å². The Kier molecular flexibility index (Phi) is 6.49. The molecule has 210 valence electrons. The van der Waals surface area contributed by atoms with E-state index in [4.69, 9.17) is 4.52 Å². The van der Waals surface area contributed by atoms with Crippen LogP contribution in [0.4, 0.5) is 0 Å². The molecule has 0 bridgehead atoms. The van der Waals surface area contributed by atoms with Gasteiger partial charge in [-0.3, -0.25) is 14.3 Å². The first kappa shape index (κ1) is 26.9. The first-order valence-electron chi connectivity index (χ1n) is 13.4. The van der Waals surface area contributed by atoms with Gasteiger partial charge >= 0.3 is 0 Å². The first-order chi connectivity index (χ1) is 19.0. The number of nitrogens with one attached hydrogen (secondary N) is 1. The van der Waals surface area contributed by atoms with E-state index in [1.54, 1.807) is 6.92 Å². The molecule has 0 atom stereocenters. The van der Waals surface area contributed by atoms with Gasteiger partial charge in [-0.05, 0) is 62.1 Å². The average molecular weight is 583 g/mol. The maximum Gasteiger partial charge on any atom is 0.244 e. The van der Waals surface area contributed by atoms with Crippen molar-refractivity contribution in [3.8, 4) is 22.5 Å². The molecular weight excluding hydrogens is 552 g/mol. The molecule has 2 aromatic carbocycles. The van der Waals surface area contributed by atoms with Crippen LogP contribution in [-0.2, 0) is 41.3 Å². The number of hydrogen-bond donors (Lipinski definition) is 1. The third-order valence-electron chi connectivity index (χ3n) is 8.05. The monoisotopic (exact) mass is 582 g/mol. The number of aromatic nitrogens is 1. The van der Waals surface area contributed by atoms with E-state index in [9.17, 15) is 26.4 Å². The molecule has 0 aliphatic heterocycles. The van der Waals surface area contributed by atoms with E-state index >= 15 is 0 Å². The van der Waals surface area contributed by atoms with Gasteiger partial charge in [0.2, 0.25) is 15.9 Å². The Morgan fingerprint density at radius 2 is 1.43 bits per heavy atom. The third-order valence-corrected chi connectivity index (χ3v) is 12.1. The Labute approximate surface area is 233 Å². The van der Waals surface area contributed by atoms with E-state index in [0.29, 0.717) is 55.5 Å². The summed E-state index contributed by atoms with van der Waals surface area (Å²) in [6.45, 7) is 1.73. The molecular formula is C29H30N2O7S2. The van der Waals surface area contributed by atoms with Crippen LogP contribution in [-0.4, -0.2) is 49.9 Å². The summed E-state index contributed by atoms with van der Waals surface area (Å²) in [5, 5.41) is 3.19. The normalized spacial score (nSPS) is 18.3. The molecule has 0 saturated heterocycles. The highest BCUT2D eigenvalue weighted by Crippen LogP contribution is 2.49. The van der Waals surface area contributed by atoms with Crippen LogP contribution in [0.1, 0.15) is 55.3 Å². The van der Waals surface area contributed by atoms with Crippen molar-refractivity contribution in [1.29, 1.82) is 0 Å². The van der Waals surface area contributed by atoms with Crippen LogP contribution in [0.5, 0.6) is 0 Å². The lowest BCUT2D eigenvalue weighted by Gasteiger charge is -2.16. The number of Topliss-reactive ketones (excluding diaryl/α,β-unsaturated/α-hetero) is 1. The average Bonchev–Trinajstić information content (AvgIpc) is 3.76. The summed E-state index contributed by atoms with van der Waals surface area (Å²) < 4.78 is 56.8. The predicted molar refractivity (Wildman–Crippen MR) is 149 cm³/mol. The van der Waals surface area contributed by atoms with Gasteiger partial charge in [-0.15, -0.1) is 0 Å². The van der Waals surface area contributed by atoms with Crippen LogP contribution < -0.4 is 4.72 Å². The Morgan fingerprint density at radius 3 is 1.98 bits per heavy atom. The van der Waals surface area contributed by atoms with Gasteiger partial charge in [0.1, 0.15) is 5.75 Å². The second kappa shape index (κ2) is 9.66. The smallest absolute Gasteiger partial charge is 0.244 e. The molecule has 11 heteroatoms. The molecule has 0 radical (unpaired) electrons. The molecule has 3 aromatic rings. The lowest BCUT2D eigenvalue weighted by molar-refractivity contribution is -0.121. The molecule has 0 unspecified atom stereocenters. The van der Waals surface area contributed by atoms with Crippen molar-refractivity contribution in [2.24, 2.45) is 0 Å². The first-order valence-corrected chi connectivity index (χ1v) is 16.7. The Balaban J connectivity index is 1.15. The van der Waals surface area contributed by atoms with Crippen molar-refractivity contribution in [2.45, 2.75) is 67.8 Å². The fourth-order valence-electron chi connectivity index (χ4n) is 5.10. The molecule has 1 amide bonds. The number of aryl methyl sites for hydroxylation is 1. The summed E-state index contributed by atoms with van der Waals surface area (Å²) >= 11 is 0. The van der Waals surface area contributed by atoms with Crippen molar-refractivity contribution in [3.63, 3.8) is 0 Å². The van der Waals surface area contributed by atoms with Crippen LogP contribution in [0, 0.1) is 6.92 Å². The molecule has 3 aliphatic rings. The number of benzene rings is 2. The van der Waals surface area contributed by atoms with Crippen LogP contribution >= 0.6 is 0 Å². The summed E-state index contributed by atoms with van der Waals surface area (Å²) in [6.07, 6.45) is 3.62. The fraction of sp³-hybridized carbons (Fsp3) is 0.414. The zero-order valence-corrected chi connectivity index (χ0v) is 23.7. The number of hydrogen-bond acceptors (Lipinski definition) is 8. The van der Waals surface area contributed by atoms with E-state index in [2.05, 4.69) is 9.88 Å². The number of sulfone groups is 1. The molecule has 3 fully saturated rings. The van der Waals surface area contributed by atoms with Crippen LogP contribution in [0.25, 0.3) is 22.5 Å². The molecule has 1 N–H and O–H groups in total.